The van der Waals surface area contributed by atoms with E-state index in [4.69, 9.17) is 0 Å². The van der Waals surface area contributed by atoms with Crippen molar-refractivity contribution in [2.24, 2.45) is 5.92 Å². The highest BCUT2D eigenvalue weighted by Crippen LogP contribution is 2.16. The van der Waals surface area contributed by atoms with Crippen molar-refractivity contribution in [3.63, 3.8) is 0 Å². The Morgan fingerprint density at radius 2 is 2.11 bits per heavy atom. The molecule has 2 atom stereocenters. The summed E-state index contributed by atoms with van der Waals surface area (Å²) in [6.45, 7) is 5.69. The van der Waals surface area contributed by atoms with E-state index in [0.717, 1.165) is 6.42 Å². The molecule has 2 unspecified atom stereocenters. The molecule has 0 fully saturated rings. The lowest BCUT2D eigenvalue weighted by Gasteiger charge is -2.12. The third-order valence-electron chi connectivity index (χ3n) is 1.52. The number of carbonyl (C=O) groups excluding carboxylic acids is 1. The minimum absolute atomic E-state index is 0.199. The van der Waals surface area contributed by atoms with Crippen molar-refractivity contribution in [3.8, 4) is 0 Å². The monoisotopic (exact) mass is 192 g/mol. The van der Waals surface area contributed by atoms with Crippen LogP contribution in [0.25, 0.3) is 0 Å². The van der Waals surface area contributed by atoms with E-state index >= 15 is 0 Å². The van der Waals surface area contributed by atoms with Gasteiger partial charge in [0, 0.05) is 10.7 Å². The zero-order valence-electron chi connectivity index (χ0n) is 6.15. The van der Waals surface area contributed by atoms with E-state index in [9.17, 15) is 4.79 Å². The number of rotatable bonds is 3. The molecule has 54 valence electrons. The number of halogens is 1. The van der Waals surface area contributed by atoms with Crippen molar-refractivity contribution < 1.29 is 4.79 Å². The minimum atomic E-state index is 0.199. The van der Waals surface area contributed by atoms with Crippen molar-refractivity contribution in [1.29, 1.82) is 0 Å². The number of hydrogen-bond acceptors (Lipinski definition) is 1. The Morgan fingerprint density at radius 1 is 1.67 bits per heavy atom. The van der Waals surface area contributed by atoms with Gasteiger partial charge in [-0.25, -0.2) is 0 Å². The van der Waals surface area contributed by atoms with Gasteiger partial charge in [-0.3, -0.25) is 4.79 Å². The van der Waals surface area contributed by atoms with Crippen LogP contribution in [0.4, 0.5) is 0 Å². The molecule has 0 radical (unpaired) electrons. The Hall–Kier alpha value is 0.150. The quantitative estimate of drug-likeness (QED) is 0.629. The van der Waals surface area contributed by atoms with Gasteiger partial charge in [0.25, 0.3) is 0 Å². The lowest BCUT2D eigenvalue weighted by Crippen LogP contribution is -2.17. The molecule has 0 rings (SSSR count). The normalized spacial score (nSPS) is 16.9. The molecule has 9 heavy (non-hydrogen) atoms. The van der Waals surface area contributed by atoms with Crippen LogP contribution in [0.5, 0.6) is 0 Å². The molecule has 2 heteroatoms. The molecule has 0 aromatic carbocycles. The molecule has 0 spiro atoms. The van der Waals surface area contributed by atoms with Gasteiger partial charge in [0.1, 0.15) is 5.78 Å². The van der Waals surface area contributed by atoms with E-state index in [1.165, 1.54) is 0 Å². The summed E-state index contributed by atoms with van der Waals surface area (Å²) in [5.74, 6) is 0.479. The summed E-state index contributed by atoms with van der Waals surface area (Å²) in [6.07, 6.45) is 0.932. The second kappa shape index (κ2) is 4.04. The molecule has 0 N–H and O–H groups in total. The smallest absolute Gasteiger partial charge is 0.133 e. The lowest BCUT2D eigenvalue weighted by molar-refractivity contribution is -0.120. The fourth-order valence-electron chi connectivity index (χ4n) is 0.936. The Labute approximate surface area is 65.0 Å². The summed E-state index contributed by atoms with van der Waals surface area (Å²) in [7, 11) is 0. The van der Waals surface area contributed by atoms with Crippen LogP contribution in [0.1, 0.15) is 27.2 Å². The summed E-state index contributed by atoms with van der Waals surface area (Å²) < 4.78 is 0. The van der Waals surface area contributed by atoms with E-state index in [1.807, 2.05) is 13.8 Å². The maximum absolute atomic E-state index is 10.8. The van der Waals surface area contributed by atoms with E-state index in [2.05, 4.69) is 15.9 Å². The van der Waals surface area contributed by atoms with Crippen molar-refractivity contribution in [1.82, 2.24) is 0 Å². The third kappa shape index (κ3) is 2.99. The zero-order chi connectivity index (χ0) is 7.44. The first-order valence-electron chi connectivity index (χ1n) is 3.24. The Balaban J connectivity index is 3.83. The fourth-order valence-corrected chi connectivity index (χ4v) is 1.68. The van der Waals surface area contributed by atoms with Crippen LogP contribution in [0.15, 0.2) is 0 Å². The minimum Gasteiger partial charge on any atom is -0.300 e. The summed E-state index contributed by atoms with van der Waals surface area (Å²) in [4.78, 5) is 11.1. The summed E-state index contributed by atoms with van der Waals surface area (Å²) in [5.41, 5.74) is 0. The van der Waals surface area contributed by atoms with Crippen LogP contribution in [-0.4, -0.2) is 10.6 Å². The largest absolute Gasteiger partial charge is 0.300 e. The van der Waals surface area contributed by atoms with Gasteiger partial charge in [-0.15, -0.1) is 0 Å². The maximum atomic E-state index is 10.8. The Kier molecular flexibility index (Phi) is 4.11. The zero-order valence-corrected chi connectivity index (χ0v) is 7.73. The lowest BCUT2D eigenvalue weighted by atomic mass is 10.00. The first-order chi connectivity index (χ1) is 4.09. The van der Waals surface area contributed by atoms with Crippen LogP contribution < -0.4 is 0 Å². The van der Waals surface area contributed by atoms with Crippen molar-refractivity contribution in [3.05, 3.63) is 0 Å². The van der Waals surface area contributed by atoms with Gasteiger partial charge in [0.15, 0.2) is 0 Å². The highest BCUT2D eigenvalue weighted by atomic mass is 79.9. The number of Topliss-reactive ketones (excluding diaryl/α,β-unsaturated/α-hetero) is 1. The molecule has 0 aromatic heterocycles. The number of carbonyl (C=O) groups is 1. The first kappa shape index (κ1) is 9.15. The third-order valence-corrected chi connectivity index (χ3v) is 2.15. The average molecular weight is 193 g/mol. The van der Waals surface area contributed by atoms with Gasteiger partial charge in [-0.2, -0.15) is 0 Å². The molecular formula is C7H13BrO. The highest BCUT2D eigenvalue weighted by molar-refractivity contribution is 9.09. The van der Waals surface area contributed by atoms with Crippen LogP contribution in [-0.2, 0) is 4.79 Å². The van der Waals surface area contributed by atoms with Crippen LogP contribution in [0.3, 0.4) is 0 Å². The molecule has 0 aromatic rings. The SMILES string of the molecule is CCC(C(C)=O)C(C)Br. The Morgan fingerprint density at radius 3 is 2.11 bits per heavy atom. The van der Waals surface area contributed by atoms with Gasteiger partial charge < -0.3 is 0 Å². The van der Waals surface area contributed by atoms with Gasteiger partial charge in [-0.05, 0) is 13.3 Å². The van der Waals surface area contributed by atoms with E-state index in [0.29, 0.717) is 4.83 Å². The molecular weight excluding hydrogens is 180 g/mol. The van der Waals surface area contributed by atoms with Gasteiger partial charge in [0.2, 0.25) is 0 Å². The molecule has 0 saturated carbocycles. The van der Waals surface area contributed by atoms with E-state index < -0.39 is 0 Å². The second-order valence-electron chi connectivity index (χ2n) is 2.30. The topological polar surface area (TPSA) is 17.1 Å². The van der Waals surface area contributed by atoms with Crippen molar-refractivity contribution in [2.45, 2.75) is 32.0 Å². The summed E-state index contributed by atoms with van der Waals surface area (Å²) in [5, 5.41) is 0. The highest BCUT2D eigenvalue weighted by Gasteiger charge is 2.16. The fraction of sp³-hybridized carbons (Fsp3) is 0.857. The van der Waals surface area contributed by atoms with Crippen LogP contribution in [0, 0.1) is 5.92 Å². The standard InChI is InChI=1S/C7H13BrO/c1-4-7(5(2)8)6(3)9/h5,7H,4H2,1-3H3. The van der Waals surface area contributed by atoms with Crippen molar-refractivity contribution >= 4 is 21.7 Å². The predicted octanol–water partition coefficient (Wildman–Crippen LogP) is 2.39. The van der Waals surface area contributed by atoms with Crippen molar-refractivity contribution in [2.75, 3.05) is 0 Å². The number of hydrogen-bond donors (Lipinski definition) is 0. The van der Waals surface area contributed by atoms with Gasteiger partial charge in [-0.1, -0.05) is 29.8 Å². The van der Waals surface area contributed by atoms with E-state index in [-0.39, 0.29) is 11.7 Å². The van der Waals surface area contributed by atoms with Gasteiger partial charge in [0.05, 0.1) is 0 Å². The van der Waals surface area contributed by atoms with Crippen LogP contribution in [0.2, 0.25) is 0 Å². The molecule has 0 saturated heterocycles. The van der Waals surface area contributed by atoms with E-state index in [1.54, 1.807) is 6.92 Å². The molecule has 0 aliphatic carbocycles. The predicted molar refractivity (Wildman–Crippen MR) is 42.9 cm³/mol. The molecule has 0 aliphatic rings. The summed E-state index contributed by atoms with van der Waals surface area (Å²) in [6, 6.07) is 0. The molecule has 0 bridgehead atoms. The molecule has 1 nitrogen and oxygen atoms in total. The summed E-state index contributed by atoms with van der Waals surface area (Å²) >= 11 is 3.38. The van der Waals surface area contributed by atoms with Crippen LogP contribution >= 0.6 is 15.9 Å². The average Bonchev–Trinajstić information content (AvgIpc) is 1.64. The number of alkyl halides is 1. The number of ketones is 1. The Bertz CT molecular complexity index is 99.1. The second-order valence-corrected chi connectivity index (χ2v) is 3.75. The molecule has 0 heterocycles. The van der Waals surface area contributed by atoms with Gasteiger partial charge >= 0.3 is 0 Å². The molecule has 0 amide bonds. The molecule has 0 aliphatic heterocycles. The first-order valence-corrected chi connectivity index (χ1v) is 4.15. The maximum Gasteiger partial charge on any atom is 0.133 e.